The Morgan fingerprint density at radius 2 is 1.90 bits per heavy atom. The molecule has 2 aromatic carbocycles. The van der Waals surface area contributed by atoms with Crippen LogP contribution in [0.2, 0.25) is 0 Å². The molecule has 8 heteroatoms. The van der Waals surface area contributed by atoms with E-state index in [1.54, 1.807) is 19.1 Å². The zero-order chi connectivity index (χ0) is 21.7. The van der Waals surface area contributed by atoms with Crippen molar-refractivity contribution in [3.63, 3.8) is 0 Å². The van der Waals surface area contributed by atoms with Crippen LogP contribution in [0.4, 0.5) is 11.4 Å². The molecule has 0 aliphatic rings. The minimum Gasteiger partial charge on any atom is -0.494 e. The molecular weight excluding hydrogens is 388 g/mol. The maximum absolute atomic E-state index is 12.5. The van der Waals surface area contributed by atoms with E-state index in [2.05, 4.69) is 5.32 Å². The molecule has 0 spiro atoms. The Hall–Kier alpha value is -3.81. The van der Waals surface area contributed by atoms with Crippen molar-refractivity contribution in [2.45, 2.75) is 27.4 Å². The van der Waals surface area contributed by atoms with Gasteiger partial charge in [-0.2, -0.15) is 0 Å². The monoisotopic (exact) mass is 410 g/mol. The number of nitro benzene ring substituents is 1. The lowest BCUT2D eigenvalue weighted by Crippen LogP contribution is -2.12. The summed E-state index contributed by atoms with van der Waals surface area (Å²) in [5, 5.41) is 13.8. The smallest absolute Gasteiger partial charge is 0.296 e. The molecule has 3 rings (SSSR count). The van der Waals surface area contributed by atoms with Gasteiger partial charge in [-0.1, -0.05) is 12.1 Å². The lowest BCUT2D eigenvalue weighted by Gasteiger charge is -2.09. The fraction of sp³-hybridized carbons (Fsp3) is 0.227. The molecule has 0 saturated heterocycles. The molecular formula is C22H22N2O6. The Morgan fingerprint density at radius 3 is 2.63 bits per heavy atom. The van der Waals surface area contributed by atoms with Crippen molar-refractivity contribution >= 4 is 17.3 Å². The molecule has 0 unspecified atom stereocenters. The van der Waals surface area contributed by atoms with Gasteiger partial charge in [0.25, 0.3) is 11.6 Å². The third-order valence-electron chi connectivity index (χ3n) is 4.32. The first-order valence-corrected chi connectivity index (χ1v) is 9.38. The first-order chi connectivity index (χ1) is 14.4. The van der Waals surface area contributed by atoms with Crippen molar-refractivity contribution in [2.75, 3.05) is 11.9 Å². The van der Waals surface area contributed by atoms with Crippen molar-refractivity contribution in [3.05, 3.63) is 81.3 Å². The molecule has 1 heterocycles. The molecule has 1 amide bonds. The Balaban J connectivity index is 1.69. The highest BCUT2D eigenvalue weighted by atomic mass is 16.6. The molecule has 0 aliphatic carbocycles. The van der Waals surface area contributed by atoms with E-state index in [1.165, 1.54) is 18.2 Å². The van der Waals surface area contributed by atoms with E-state index in [9.17, 15) is 14.9 Å². The molecule has 1 N–H and O–H groups in total. The number of furan rings is 1. The van der Waals surface area contributed by atoms with Crippen LogP contribution in [0, 0.1) is 24.0 Å². The van der Waals surface area contributed by atoms with Crippen LogP contribution in [0.15, 0.2) is 52.9 Å². The van der Waals surface area contributed by atoms with Crippen LogP contribution in [0.1, 0.15) is 34.4 Å². The van der Waals surface area contributed by atoms with Crippen molar-refractivity contribution in [1.29, 1.82) is 0 Å². The second kappa shape index (κ2) is 9.13. The van der Waals surface area contributed by atoms with Gasteiger partial charge in [0.2, 0.25) is 0 Å². The largest absolute Gasteiger partial charge is 0.494 e. The summed E-state index contributed by atoms with van der Waals surface area (Å²) in [6.45, 7) is 6.23. The average molecular weight is 410 g/mol. The second-order valence-corrected chi connectivity index (χ2v) is 6.65. The summed E-state index contributed by atoms with van der Waals surface area (Å²) >= 11 is 0. The van der Waals surface area contributed by atoms with Gasteiger partial charge in [0, 0.05) is 0 Å². The van der Waals surface area contributed by atoms with Gasteiger partial charge in [-0.25, -0.2) is 0 Å². The molecule has 0 fully saturated rings. The number of nitrogens with zero attached hydrogens (tertiary/aromatic N) is 1. The molecule has 156 valence electrons. The molecule has 0 atom stereocenters. The summed E-state index contributed by atoms with van der Waals surface area (Å²) in [4.78, 5) is 23.2. The number of amides is 1. The molecule has 0 saturated carbocycles. The molecule has 8 nitrogen and oxygen atoms in total. The third kappa shape index (κ3) is 4.96. The number of carbonyl (C=O) groups is 1. The van der Waals surface area contributed by atoms with Gasteiger partial charge in [-0.3, -0.25) is 14.9 Å². The van der Waals surface area contributed by atoms with Gasteiger partial charge in [0.1, 0.15) is 29.6 Å². The van der Waals surface area contributed by atoms with Crippen molar-refractivity contribution in [3.8, 4) is 11.5 Å². The summed E-state index contributed by atoms with van der Waals surface area (Å²) in [6.07, 6.45) is 0. The fourth-order valence-electron chi connectivity index (χ4n) is 2.80. The molecule has 1 aromatic heterocycles. The van der Waals surface area contributed by atoms with E-state index in [0.29, 0.717) is 18.1 Å². The molecule has 3 aromatic rings. The minimum absolute atomic E-state index is 0.0257. The lowest BCUT2D eigenvalue weighted by atomic mass is 10.1. The zero-order valence-corrected chi connectivity index (χ0v) is 16.9. The molecule has 0 bridgehead atoms. The summed E-state index contributed by atoms with van der Waals surface area (Å²) < 4.78 is 16.6. The summed E-state index contributed by atoms with van der Waals surface area (Å²) in [7, 11) is 0. The van der Waals surface area contributed by atoms with Crippen molar-refractivity contribution in [2.24, 2.45) is 0 Å². The number of aryl methyl sites for hydroxylation is 2. The predicted molar refractivity (Wildman–Crippen MR) is 111 cm³/mol. The third-order valence-corrected chi connectivity index (χ3v) is 4.32. The Bertz CT molecular complexity index is 1070. The van der Waals surface area contributed by atoms with Crippen LogP contribution < -0.4 is 14.8 Å². The Morgan fingerprint density at radius 1 is 1.10 bits per heavy atom. The summed E-state index contributed by atoms with van der Waals surface area (Å²) in [5.74, 6) is 0.980. The molecule has 0 aliphatic heterocycles. The zero-order valence-electron chi connectivity index (χ0n) is 16.9. The fourth-order valence-corrected chi connectivity index (χ4v) is 2.80. The summed E-state index contributed by atoms with van der Waals surface area (Å²) in [6, 6.07) is 13.3. The number of anilines is 1. The van der Waals surface area contributed by atoms with Crippen LogP contribution in [-0.4, -0.2) is 17.4 Å². The van der Waals surface area contributed by atoms with Crippen LogP contribution in [-0.2, 0) is 6.61 Å². The number of nitro groups is 1. The van der Waals surface area contributed by atoms with Crippen molar-refractivity contribution < 1.29 is 23.6 Å². The number of benzene rings is 2. The lowest BCUT2D eigenvalue weighted by molar-refractivity contribution is -0.384. The first-order valence-electron chi connectivity index (χ1n) is 9.38. The van der Waals surface area contributed by atoms with E-state index in [0.717, 1.165) is 16.9 Å². The van der Waals surface area contributed by atoms with Gasteiger partial charge >= 0.3 is 0 Å². The van der Waals surface area contributed by atoms with Gasteiger partial charge in [-0.05, 0) is 62.2 Å². The standard InChI is InChI=1S/C22H22N2O6/c1-4-28-16-7-9-18(19(12-16)24(26)27)23-22(25)20-10-8-17(30-20)13-29-21-11-14(2)5-6-15(21)3/h5-12H,4,13H2,1-3H3,(H,23,25). The highest BCUT2D eigenvalue weighted by molar-refractivity contribution is 6.03. The summed E-state index contributed by atoms with van der Waals surface area (Å²) in [5.41, 5.74) is 1.86. The number of hydrogen-bond donors (Lipinski definition) is 1. The molecule has 30 heavy (non-hydrogen) atoms. The van der Waals surface area contributed by atoms with E-state index in [-0.39, 0.29) is 23.7 Å². The van der Waals surface area contributed by atoms with E-state index in [1.807, 2.05) is 32.0 Å². The number of rotatable bonds is 8. The molecule has 0 radical (unpaired) electrons. The van der Waals surface area contributed by atoms with Crippen LogP contribution in [0.3, 0.4) is 0 Å². The average Bonchev–Trinajstić information content (AvgIpc) is 3.19. The highest BCUT2D eigenvalue weighted by Gasteiger charge is 2.20. The topological polar surface area (TPSA) is 104 Å². The highest BCUT2D eigenvalue weighted by Crippen LogP contribution is 2.29. The van der Waals surface area contributed by atoms with E-state index >= 15 is 0 Å². The van der Waals surface area contributed by atoms with Crippen LogP contribution in [0.5, 0.6) is 11.5 Å². The Kier molecular flexibility index (Phi) is 6.36. The normalized spacial score (nSPS) is 10.5. The van der Waals surface area contributed by atoms with Crippen LogP contribution in [0.25, 0.3) is 0 Å². The number of carbonyl (C=O) groups excluding carboxylic acids is 1. The van der Waals surface area contributed by atoms with Crippen molar-refractivity contribution in [1.82, 2.24) is 0 Å². The Labute approximate surface area is 173 Å². The maximum atomic E-state index is 12.5. The predicted octanol–water partition coefficient (Wildman–Crippen LogP) is 5.03. The van der Waals surface area contributed by atoms with Crippen LogP contribution >= 0.6 is 0 Å². The number of hydrogen-bond acceptors (Lipinski definition) is 6. The van der Waals surface area contributed by atoms with Gasteiger partial charge in [-0.15, -0.1) is 0 Å². The van der Waals surface area contributed by atoms with Gasteiger partial charge < -0.3 is 19.2 Å². The maximum Gasteiger partial charge on any atom is 0.296 e. The first kappa shape index (κ1) is 20.9. The number of ether oxygens (including phenoxy) is 2. The van der Waals surface area contributed by atoms with Gasteiger partial charge in [0.05, 0.1) is 17.6 Å². The number of nitrogens with one attached hydrogen (secondary N) is 1. The van der Waals surface area contributed by atoms with Gasteiger partial charge in [0.15, 0.2) is 5.76 Å². The van der Waals surface area contributed by atoms with E-state index < -0.39 is 10.8 Å². The quantitative estimate of drug-likeness (QED) is 0.412. The van der Waals surface area contributed by atoms with E-state index in [4.69, 9.17) is 13.9 Å². The minimum atomic E-state index is -0.597. The SMILES string of the molecule is CCOc1ccc(NC(=O)c2ccc(COc3cc(C)ccc3C)o2)c([N+](=O)[O-])c1. The second-order valence-electron chi connectivity index (χ2n) is 6.65.